The number of benzene rings is 1. The van der Waals surface area contributed by atoms with Gasteiger partial charge in [0.15, 0.2) is 0 Å². The highest BCUT2D eigenvalue weighted by Gasteiger charge is 2.73. The van der Waals surface area contributed by atoms with Crippen molar-refractivity contribution in [3.63, 3.8) is 0 Å². The molecule has 0 aliphatic rings. The molecule has 114 valence electrons. The largest absolute Gasteiger partial charge is 0.430 e. The Morgan fingerprint density at radius 3 is 1.60 bits per heavy atom. The molecule has 0 radical (unpaired) electrons. The van der Waals surface area contributed by atoms with Crippen molar-refractivity contribution in [3.05, 3.63) is 29.8 Å². The van der Waals surface area contributed by atoms with Crippen molar-refractivity contribution in [3.8, 4) is 0 Å². The highest BCUT2D eigenvalue weighted by molar-refractivity contribution is 5.42. The van der Waals surface area contributed by atoms with E-state index in [1.54, 1.807) is 0 Å². The maximum atomic E-state index is 13.1. The van der Waals surface area contributed by atoms with Crippen LogP contribution < -0.4 is 5.73 Å². The molecule has 1 aromatic carbocycles. The van der Waals surface area contributed by atoms with Crippen molar-refractivity contribution in [1.82, 2.24) is 0 Å². The fourth-order valence-corrected chi connectivity index (χ4v) is 1.76. The second-order valence-corrected chi connectivity index (χ2v) is 4.47. The van der Waals surface area contributed by atoms with E-state index in [0.717, 1.165) is 26.0 Å². The summed E-state index contributed by atoms with van der Waals surface area (Å²) in [4.78, 5) is 0. The third-order valence-corrected chi connectivity index (χ3v) is 2.53. The number of alkyl halides is 6. The minimum absolute atomic E-state index is 0.0524. The maximum Gasteiger partial charge on any atom is 0.430 e. The monoisotopic (exact) mass is 301 g/mol. The molecule has 0 bridgehead atoms. The Bertz CT molecular complexity index is 435. The third kappa shape index (κ3) is 2.84. The molecule has 0 atom stereocenters. The number of hydrogen-bond acceptors (Lipinski definition) is 2. The lowest BCUT2D eigenvalue weighted by molar-refractivity contribution is -0.396. The van der Waals surface area contributed by atoms with Crippen LogP contribution in [0.1, 0.15) is 19.4 Å². The van der Waals surface area contributed by atoms with Gasteiger partial charge in [-0.2, -0.15) is 26.3 Å². The van der Waals surface area contributed by atoms with E-state index in [2.05, 4.69) is 4.74 Å². The average Bonchev–Trinajstić information content (AvgIpc) is 2.23. The lowest BCUT2D eigenvalue weighted by Crippen LogP contribution is -2.57. The summed E-state index contributed by atoms with van der Waals surface area (Å²) in [6.45, 7) is 2.20. The normalized spacial score (nSPS) is 13.8. The first kappa shape index (κ1) is 16.6. The molecule has 0 heterocycles. The molecule has 20 heavy (non-hydrogen) atoms. The van der Waals surface area contributed by atoms with Gasteiger partial charge < -0.3 is 10.5 Å². The zero-order valence-electron chi connectivity index (χ0n) is 10.6. The fourth-order valence-electron chi connectivity index (χ4n) is 1.76. The summed E-state index contributed by atoms with van der Waals surface area (Å²) in [6.07, 6.45) is -12.6. The number of nitrogen functional groups attached to an aromatic ring is 1. The Hall–Kier alpha value is -1.44. The Morgan fingerprint density at radius 2 is 1.30 bits per heavy atom. The van der Waals surface area contributed by atoms with E-state index < -0.39 is 29.6 Å². The molecule has 2 N–H and O–H groups in total. The van der Waals surface area contributed by atoms with Gasteiger partial charge in [-0.15, -0.1) is 0 Å². The lowest BCUT2D eigenvalue weighted by Gasteiger charge is -2.38. The Balaban J connectivity index is 3.57. The van der Waals surface area contributed by atoms with Crippen LogP contribution in [0.5, 0.6) is 0 Å². The highest BCUT2D eigenvalue weighted by Crippen LogP contribution is 2.53. The molecule has 0 saturated carbocycles. The number of hydrogen-bond donors (Lipinski definition) is 1. The Kier molecular flexibility index (Phi) is 4.28. The molecule has 0 aromatic heterocycles. The molecule has 2 nitrogen and oxygen atoms in total. The highest BCUT2D eigenvalue weighted by atomic mass is 19.4. The number of halogens is 6. The molecule has 1 rings (SSSR count). The molecule has 0 aliphatic carbocycles. The van der Waals surface area contributed by atoms with Crippen LogP contribution in [0.4, 0.5) is 32.0 Å². The van der Waals surface area contributed by atoms with Crippen molar-refractivity contribution in [1.29, 1.82) is 0 Å². The second kappa shape index (κ2) is 5.16. The van der Waals surface area contributed by atoms with E-state index in [4.69, 9.17) is 5.73 Å². The first-order chi connectivity index (χ1) is 8.92. The van der Waals surface area contributed by atoms with E-state index in [0.29, 0.717) is 12.1 Å². The van der Waals surface area contributed by atoms with Crippen LogP contribution in [0.2, 0.25) is 0 Å². The topological polar surface area (TPSA) is 35.2 Å². The maximum absolute atomic E-state index is 13.1. The molecule has 0 aliphatic heterocycles. The van der Waals surface area contributed by atoms with Gasteiger partial charge in [-0.05, 0) is 26.0 Å². The van der Waals surface area contributed by atoms with E-state index in [9.17, 15) is 26.3 Å². The quantitative estimate of drug-likeness (QED) is 0.676. The van der Waals surface area contributed by atoms with Crippen molar-refractivity contribution in [2.24, 2.45) is 0 Å². The van der Waals surface area contributed by atoms with E-state index in [1.807, 2.05) is 0 Å². The fraction of sp³-hybridized carbons (Fsp3) is 0.500. The Morgan fingerprint density at radius 1 is 0.900 bits per heavy atom. The average molecular weight is 301 g/mol. The predicted octanol–water partition coefficient (Wildman–Crippen LogP) is 4.01. The molecule has 0 saturated heterocycles. The van der Waals surface area contributed by atoms with Crippen molar-refractivity contribution in [2.45, 2.75) is 37.9 Å². The van der Waals surface area contributed by atoms with Gasteiger partial charge in [0.1, 0.15) is 0 Å². The minimum atomic E-state index is -5.66. The van der Waals surface area contributed by atoms with Gasteiger partial charge in [0.2, 0.25) is 0 Å². The number of rotatable bonds is 3. The number of ether oxygens (including phenoxy) is 1. The van der Waals surface area contributed by atoms with Crippen molar-refractivity contribution in [2.75, 3.05) is 5.73 Å². The van der Waals surface area contributed by atoms with Crippen LogP contribution in [-0.2, 0) is 10.3 Å². The standard InChI is InChI=1S/C12H13F6NO/c1-7(2)20-10(11(13,14)15,12(16,17)18)8-3-5-9(19)6-4-8/h3-7H,19H2,1-2H3. The zero-order valence-corrected chi connectivity index (χ0v) is 10.6. The number of anilines is 1. The van der Waals surface area contributed by atoms with Crippen LogP contribution in [0, 0.1) is 0 Å². The summed E-state index contributed by atoms with van der Waals surface area (Å²) in [6, 6.07) is 3.26. The molecule has 8 heteroatoms. The summed E-state index contributed by atoms with van der Waals surface area (Å²) in [7, 11) is 0. The van der Waals surface area contributed by atoms with Crippen LogP contribution in [0.25, 0.3) is 0 Å². The minimum Gasteiger partial charge on any atom is -0.399 e. The summed E-state index contributed by atoms with van der Waals surface area (Å²) in [5.41, 5.74) is -0.0900. The first-order valence-electron chi connectivity index (χ1n) is 5.59. The molecule has 0 unspecified atom stereocenters. The van der Waals surface area contributed by atoms with Gasteiger partial charge in [0.05, 0.1) is 6.10 Å². The van der Waals surface area contributed by atoms with Gasteiger partial charge in [0.25, 0.3) is 5.60 Å². The summed E-state index contributed by atoms with van der Waals surface area (Å²) in [5.74, 6) is 0. The third-order valence-electron chi connectivity index (χ3n) is 2.53. The summed E-state index contributed by atoms with van der Waals surface area (Å²) < 4.78 is 83.2. The number of nitrogens with two attached hydrogens (primary N) is 1. The first-order valence-corrected chi connectivity index (χ1v) is 5.59. The molecular formula is C12H13F6NO. The van der Waals surface area contributed by atoms with Crippen molar-refractivity contribution < 1.29 is 31.1 Å². The predicted molar refractivity (Wildman–Crippen MR) is 60.9 cm³/mol. The van der Waals surface area contributed by atoms with Gasteiger partial charge >= 0.3 is 12.4 Å². The zero-order chi connectivity index (χ0) is 15.8. The second-order valence-electron chi connectivity index (χ2n) is 4.47. The molecule has 0 fully saturated rings. The molecule has 1 aromatic rings. The van der Waals surface area contributed by atoms with Gasteiger partial charge in [0, 0.05) is 11.3 Å². The SMILES string of the molecule is CC(C)OC(c1ccc(N)cc1)(C(F)(F)F)C(F)(F)F. The van der Waals surface area contributed by atoms with E-state index in [-0.39, 0.29) is 5.69 Å². The molecule has 0 amide bonds. The van der Waals surface area contributed by atoms with Crippen LogP contribution in [0.3, 0.4) is 0 Å². The van der Waals surface area contributed by atoms with Gasteiger partial charge in [-0.3, -0.25) is 0 Å². The van der Waals surface area contributed by atoms with Crippen LogP contribution in [-0.4, -0.2) is 18.5 Å². The van der Waals surface area contributed by atoms with Crippen LogP contribution >= 0.6 is 0 Å². The van der Waals surface area contributed by atoms with Gasteiger partial charge in [-0.1, -0.05) is 12.1 Å². The van der Waals surface area contributed by atoms with E-state index >= 15 is 0 Å². The van der Waals surface area contributed by atoms with Crippen LogP contribution in [0.15, 0.2) is 24.3 Å². The van der Waals surface area contributed by atoms with E-state index in [1.165, 1.54) is 0 Å². The molecule has 0 spiro atoms. The van der Waals surface area contributed by atoms with Crippen molar-refractivity contribution >= 4 is 5.69 Å². The lowest BCUT2D eigenvalue weighted by atomic mass is 9.91. The smallest absolute Gasteiger partial charge is 0.399 e. The summed E-state index contributed by atoms with van der Waals surface area (Å²) >= 11 is 0. The molecular weight excluding hydrogens is 288 g/mol. The Labute approximate surface area is 111 Å². The summed E-state index contributed by atoms with van der Waals surface area (Å²) in [5, 5.41) is 0. The van der Waals surface area contributed by atoms with Gasteiger partial charge in [-0.25, -0.2) is 0 Å².